The van der Waals surface area contributed by atoms with Crippen LogP contribution in [0.25, 0.3) is 0 Å². The quantitative estimate of drug-likeness (QED) is 0.397. The molecule has 0 bridgehead atoms. The zero-order chi connectivity index (χ0) is 20.9. The second kappa shape index (κ2) is 9.80. The number of rotatable bonds is 8. The molecule has 0 saturated heterocycles. The highest BCUT2D eigenvalue weighted by atomic mass is 35.5. The molecule has 0 aliphatic heterocycles. The SMILES string of the molecule is CC(C)(C)c1ccc(CCC(Cn2ccnc2)OCc2ccc(Cl)cc2Cl)cc1. The Morgan fingerprint density at radius 2 is 1.83 bits per heavy atom. The fourth-order valence-corrected chi connectivity index (χ4v) is 3.67. The van der Waals surface area contributed by atoms with E-state index in [-0.39, 0.29) is 11.5 Å². The van der Waals surface area contributed by atoms with Gasteiger partial charge in [0.1, 0.15) is 0 Å². The van der Waals surface area contributed by atoms with Gasteiger partial charge in [-0.05, 0) is 47.1 Å². The Balaban J connectivity index is 1.63. The molecular formula is C24H28Cl2N2O. The Bertz CT molecular complexity index is 900. The zero-order valence-electron chi connectivity index (χ0n) is 17.2. The van der Waals surface area contributed by atoms with Gasteiger partial charge in [0.05, 0.1) is 19.0 Å². The molecule has 0 saturated carbocycles. The number of hydrogen-bond acceptors (Lipinski definition) is 2. The Morgan fingerprint density at radius 1 is 1.07 bits per heavy atom. The van der Waals surface area contributed by atoms with E-state index >= 15 is 0 Å². The number of nitrogens with zero attached hydrogens (tertiary/aromatic N) is 2. The third-order valence-corrected chi connectivity index (χ3v) is 5.63. The van der Waals surface area contributed by atoms with Gasteiger partial charge in [-0.2, -0.15) is 0 Å². The highest BCUT2D eigenvalue weighted by Gasteiger charge is 2.15. The molecule has 3 nitrogen and oxygen atoms in total. The molecule has 0 spiro atoms. The lowest BCUT2D eigenvalue weighted by molar-refractivity contribution is 0.0240. The van der Waals surface area contributed by atoms with Crippen LogP contribution < -0.4 is 0 Å². The van der Waals surface area contributed by atoms with E-state index in [9.17, 15) is 0 Å². The molecule has 0 aliphatic carbocycles. The van der Waals surface area contributed by atoms with Crippen molar-refractivity contribution in [1.29, 1.82) is 0 Å². The number of halogens is 2. The van der Waals surface area contributed by atoms with Crippen LogP contribution in [0, 0.1) is 0 Å². The minimum atomic E-state index is 0.0539. The van der Waals surface area contributed by atoms with Gasteiger partial charge in [-0.3, -0.25) is 0 Å². The fourth-order valence-electron chi connectivity index (χ4n) is 3.20. The monoisotopic (exact) mass is 430 g/mol. The fraction of sp³-hybridized carbons (Fsp3) is 0.375. The van der Waals surface area contributed by atoms with Crippen molar-refractivity contribution in [3.05, 3.63) is 87.9 Å². The molecule has 2 aromatic carbocycles. The molecule has 3 rings (SSSR count). The molecule has 1 atom stereocenters. The van der Waals surface area contributed by atoms with Crippen molar-refractivity contribution < 1.29 is 4.74 Å². The van der Waals surface area contributed by atoms with Crippen LogP contribution in [0.15, 0.2) is 61.2 Å². The summed E-state index contributed by atoms with van der Waals surface area (Å²) in [4.78, 5) is 4.14. The van der Waals surface area contributed by atoms with E-state index < -0.39 is 0 Å². The molecule has 5 heteroatoms. The Morgan fingerprint density at radius 3 is 2.45 bits per heavy atom. The van der Waals surface area contributed by atoms with Crippen molar-refractivity contribution in [3.8, 4) is 0 Å². The molecule has 0 aliphatic rings. The first-order valence-electron chi connectivity index (χ1n) is 9.92. The lowest BCUT2D eigenvalue weighted by Crippen LogP contribution is -2.20. The number of hydrogen-bond donors (Lipinski definition) is 0. The van der Waals surface area contributed by atoms with Gasteiger partial charge >= 0.3 is 0 Å². The number of imidazole rings is 1. The van der Waals surface area contributed by atoms with Crippen LogP contribution in [0.1, 0.15) is 43.9 Å². The summed E-state index contributed by atoms with van der Waals surface area (Å²) in [6.45, 7) is 7.92. The van der Waals surface area contributed by atoms with E-state index in [2.05, 4.69) is 54.6 Å². The molecule has 1 unspecified atom stereocenters. The topological polar surface area (TPSA) is 27.1 Å². The maximum atomic E-state index is 6.30. The van der Waals surface area contributed by atoms with Crippen molar-refractivity contribution >= 4 is 23.2 Å². The van der Waals surface area contributed by atoms with Crippen LogP contribution in [-0.4, -0.2) is 15.7 Å². The molecule has 29 heavy (non-hydrogen) atoms. The Kier molecular flexibility index (Phi) is 7.39. The van der Waals surface area contributed by atoms with E-state index in [0.29, 0.717) is 16.7 Å². The predicted molar refractivity (Wildman–Crippen MR) is 121 cm³/mol. The lowest BCUT2D eigenvalue weighted by atomic mass is 9.86. The van der Waals surface area contributed by atoms with E-state index in [1.165, 1.54) is 11.1 Å². The number of ether oxygens (including phenoxy) is 1. The van der Waals surface area contributed by atoms with Gasteiger partial charge < -0.3 is 9.30 Å². The Hall–Kier alpha value is -1.81. The number of benzene rings is 2. The molecule has 1 aromatic heterocycles. The third kappa shape index (κ3) is 6.60. The van der Waals surface area contributed by atoms with Crippen molar-refractivity contribution in [3.63, 3.8) is 0 Å². The van der Waals surface area contributed by atoms with Gasteiger partial charge in [-0.25, -0.2) is 4.98 Å². The smallest absolute Gasteiger partial charge is 0.0946 e. The van der Waals surface area contributed by atoms with Gasteiger partial charge in [0.2, 0.25) is 0 Å². The molecule has 154 valence electrons. The molecule has 0 fully saturated rings. The summed E-state index contributed by atoms with van der Waals surface area (Å²) in [6, 6.07) is 14.4. The number of aryl methyl sites for hydroxylation is 1. The average molecular weight is 431 g/mol. The maximum absolute atomic E-state index is 6.30. The maximum Gasteiger partial charge on any atom is 0.0946 e. The van der Waals surface area contributed by atoms with Crippen LogP contribution in [0.3, 0.4) is 0 Å². The minimum absolute atomic E-state index is 0.0539. The second-order valence-corrected chi connectivity index (χ2v) is 9.26. The first kappa shape index (κ1) is 21.9. The van der Waals surface area contributed by atoms with Crippen molar-refractivity contribution in [2.75, 3.05) is 0 Å². The summed E-state index contributed by atoms with van der Waals surface area (Å²) in [5.74, 6) is 0. The standard InChI is InChI=1S/C24H28Cl2N2O/c1-24(2,3)20-8-4-18(5-9-20)6-11-22(15-28-13-12-27-17-28)29-16-19-7-10-21(25)14-23(19)26/h4-5,7-10,12-14,17,22H,6,11,15-16H2,1-3H3. The van der Waals surface area contributed by atoms with Crippen molar-refractivity contribution in [2.24, 2.45) is 0 Å². The van der Waals surface area contributed by atoms with Gasteiger partial charge in [-0.1, -0.05) is 74.3 Å². The predicted octanol–water partition coefficient (Wildman–Crippen LogP) is 6.71. The van der Waals surface area contributed by atoms with E-state index in [4.69, 9.17) is 27.9 Å². The largest absolute Gasteiger partial charge is 0.372 e. The summed E-state index contributed by atoms with van der Waals surface area (Å²) in [7, 11) is 0. The molecule has 0 amide bonds. The summed E-state index contributed by atoms with van der Waals surface area (Å²) < 4.78 is 8.30. The normalized spacial score (nSPS) is 12.9. The van der Waals surface area contributed by atoms with E-state index in [0.717, 1.165) is 24.9 Å². The first-order valence-corrected chi connectivity index (χ1v) is 10.7. The van der Waals surface area contributed by atoms with E-state index in [1.807, 2.05) is 24.7 Å². The van der Waals surface area contributed by atoms with E-state index in [1.54, 1.807) is 12.3 Å². The molecule has 0 N–H and O–H groups in total. The molecule has 0 radical (unpaired) electrons. The summed E-state index contributed by atoms with van der Waals surface area (Å²) in [6.07, 6.45) is 7.50. The third-order valence-electron chi connectivity index (χ3n) is 5.04. The van der Waals surface area contributed by atoms with Crippen LogP contribution in [0.4, 0.5) is 0 Å². The van der Waals surface area contributed by atoms with Crippen LogP contribution in [0.5, 0.6) is 0 Å². The number of aromatic nitrogens is 2. The van der Waals surface area contributed by atoms with Gasteiger partial charge in [0.25, 0.3) is 0 Å². The summed E-state index contributed by atoms with van der Waals surface area (Å²) >= 11 is 12.3. The molecular weight excluding hydrogens is 403 g/mol. The van der Waals surface area contributed by atoms with Gasteiger partial charge in [-0.15, -0.1) is 0 Å². The Labute approximate surface area is 183 Å². The van der Waals surface area contributed by atoms with Crippen molar-refractivity contribution in [2.45, 2.75) is 58.3 Å². The summed E-state index contributed by atoms with van der Waals surface area (Å²) in [5.41, 5.74) is 3.79. The van der Waals surface area contributed by atoms with Gasteiger partial charge in [0.15, 0.2) is 0 Å². The zero-order valence-corrected chi connectivity index (χ0v) is 18.7. The van der Waals surface area contributed by atoms with Crippen LogP contribution in [0.2, 0.25) is 10.0 Å². The average Bonchev–Trinajstić information content (AvgIpc) is 3.18. The van der Waals surface area contributed by atoms with Crippen molar-refractivity contribution in [1.82, 2.24) is 9.55 Å². The first-order chi connectivity index (χ1) is 13.8. The lowest BCUT2D eigenvalue weighted by Gasteiger charge is -2.21. The highest BCUT2D eigenvalue weighted by molar-refractivity contribution is 6.35. The summed E-state index contributed by atoms with van der Waals surface area (Å²) in [5, 5.41) is 1.27. The molecule has 3 aromatic rings. The molecule has 1 heterocycles. The van der Waals surface area contributed by atoms with Crippen LogP contribution in [-0.2, 0) is 29.7 Å². The highest BCUT2D eigenvalue weighted by Crippen LogP contribution is 2.24. The minimum Gasteiger partial charge on any atom is -0.372 e. The van der Waals surface area contributed by atoms with Crippen LogP contribution >= 0.6 is 23.2 Å². The second-order valence-electron chi connectivity index (χ2n) is 8.41. The van der Waals surface area contributed by atoms with Gasteiger partial charge in [0, 0.05) is 29.0 Å².